The van der Waals surface area contributed by atoms with Crippen LogP contribution < -0.4 is 9.80 Å². The molecule has 0 aliphatic carbocycles. The van der Waals surface area contributed by atoms with Crippen molar-refractivity contribution in [3.63, 3.8) is 0 Å². The summed E-state index contributed by atoms with van der Waals surface area (Å²) in [6.45, 7) is 8.06. The van der Waals surface area contributed by atoms with E-state index < -0.39 is 0 Å². The topological polar surface area (TPSA) is 19.6 Å². The number of furan rings is 1. The first kappa shape index (κ1) is 53.5. The summed E-state index contributed by atoms with van der Waals surface area (Å²) in [4.78, 5) is 4.72. The number of hydrogen-bond acceptors (Lipinski definition) is 3. The molecule has 0 saturated heterocycles. The number of anilines is 6. The maximum absolute atomic E-state index is 6.59. The summed E-state index contributed by atoms with van der Waals surface area (Å²) < 4.78 is 6.59. The van der Waals surface area contributed by atoms with Gasteiger partial charge in [0, 0.05) is 50.5 Å². The molecule has 0 fully saturated rings. The van der Waals surface area contributed by atoms with Gasteiger partial charge in [0.25, 0.3) is 0 Å². The van der Waals surface area contributed by atoms with Crippen LogP contribution in [0.1, 0.15) is 5.56 Å². The van der Waals surface area contributed by atoms with E-state index in [4.69, 9.17) is 4.42 Å². The minimum Gasteiger partial charge on any atom is -0.455 e. The van der Waals surface area contributed by atoms with Gasteiger partial charge < -0.3 is 14.2 Å². The molecule has 0 saturated carbocycles. The summed E-state index contributed by atoms with van der Waals surface area (Å²) in [5.41, 5.74) is 25.9. The van der Waals surface area contributed by atoms with Gasteiger partial charge in [0.05, 0.1) is 0 Å². The molecule has 3 heteroatoms. The SMILES string of the molecule is C=C/C=C(\C=C)c1ccc(N(c2ccc(-c3ccccc3)cc2)c2cccc(-c3cccc(-c4cccc(N(c5ccc(-c6ccccc6)cc5)c5ccc(-c6ccccc6)cc5)c4)c3-c3ccc(-c4cccc5c4oc4ccccc45)cc3)c2)cc1. The van der Waals surface area contributed by atoms with E-state index in [-0.39, 0.29) is 0 Å². The monoisotopic (exact) mass is 1110 g/mol. The van der Waals surface area contributed by atoms with Crippen LogP contribution in [0.25, 0.3) is 105 Å². The number of allylic oxidation sites excluding steroid dienone is 4. The van der Waals surface area contributed by atoms with Crippen LogP contribution in [0.4, 0.5) is 34.1 Å². The van der Waals surface area contributed by atoms with Crippen molar-refractivity contribution in [1.82, 2.24) is 0 Å². The lowest BCUT2D eigenvalue weighted by molar-refractivity contribution is 0.670. The minimum atomic E-state index is 0.883. The van der Waals surface area contributed by atoms with Gasteiger partial charge in [-0.2, -0.15) is 0 Å². The maximum Gasteiger partial charge on any atom is 0.143 e. The van der Waals surface area contributed by atoms with Crippen LogP contribution in [0.3, 0.4) is 0 Å². The summed E-state index contributed by atoms with van der Waals surface area (Å²) in [5, 5.41) is 2.22. The van der Waals surface area contributed by atoms with E-state index in [2.05, 4.69) is 332 Å². The molecular weight excluding hydrogens is 1050 g/mol. The quantitative estimate of drug-likeness (QED) is 0.0899. The Morgan fingerprint density at radius 2 is 0.655 bits per heavy atom. The van der Waals surface area contributed by atoms with Crippen molar-refractivity contribution in [3.8, 4) is 77.9 Å². The molecule has 13 aromatic carbocycles. The van der Waals surface area contributed by atoms with Crippen LogP contribution in [0.15, 0.2) is 357 Å². The number of hydrogen-bond donors (Lipinski definition) is 0. The molecule has 14 aromatic rings. The second kappa shape index (κ2) is 24.0. The lowest BCUT2D eigenvalue weighted by atomic mass is 9.86. The van der Waals surface area contributed by atoms with Gasteiger partial charge in [0.2, 0.25) is 0 Å². The highest BCUT2D eigenvalue weighted by atomic mass is 16.3. The van der Waals surface area contributed by atoms with Gasteiger partial charge in [-0.25, -0.2) is 0 Å². The van der Waals surface area contributed by atoms with E-state index in [0.717, 1.165) is 117 Å². The fraction of sp³-hybridized carbons (Fsp3) is 0. The number of benzene rings is 13. The van der Waals surface area contributed by atoms with E-state index in [1.807, 2.05) is 24.3 Å². The molecule has 0 atom stereocenters. The summed E-state index contributed by atoms with van der Waals surface area (Å²) in [7, 11) is 0. The van der Waals surface area contributed by atoms with Crippen LogP contribution in [-0.2, 0) is 0 Å². The van der Waals surface area contributed by atoms with E-state index >= 15 is 0 Å². The van der Waals surface area contributed by atoms with Gasteiger partial charge in [-0.1, -0.05) is 274 Å². The fourth-order valence-electron chi connectivity index (χ4n) is 12.2. The second-order valence-corrected chi connectivity index (χ2v) is 21.7. The Balaban J connectivity index is 0.920. The Hall–Kier alpha value is -11.5. The van der Waals surface area contributed by atoms with Crippen molar-refractivity contribution in [3.05, 3.63) is 358 Å². The number of rotatable bonds is 16. The maximum atomic E-state index is 6.59. The van der Waals surface area contributed by atoms with Crippen LogP contribution in [0, 0.1) is 0 Å². The third-order valence-corrected chi connectivity index (χ3v) is 16.5. The summed E-state index contributed by atoms with van der Waals surface area (Å²) >= 11 is 0. The Morgan fingerprint density at radius 1 is 0.287 bits per heavy atom. The Labute approximate surface area is 509 Å². The molecule has 87 heavy (non-hydrogen) atoms. The number of para-hydroxylation sites is 2. The molecule has 0 aliphatic heterocycles. The average Bonchev–Trinajstić information content (AvgIpc) is 2.21. The minimum absolute atomic E-state index is 0.883. The van der Waals surface area contributed by atoms with Crippen molar-refractivity contribution >= 4 is 61.6 Å². The summed E-state index contributed by atoms with van der Waals surface area (Å²) in [5.74, 6) is 0. The molecule has 0 bridgehead atoms. The van der Waals surface area contributed by atoms with Gasteiger partial charge >= 0.3 is 0 Å². The lowest BCUT2D eigenvalue weighted by Gasteiger charge is -2.27. The predicted octanol–water partition coefficient (Wildman–Crippen LogP) is 24.0. The molecule has 14 rings (SSSR count). The van der Waals surface area contributed by atoms with E-state index in [9.17, 15) is 0 Å². The average molecular weight is 1110 g/mol. The number of nitrogens with zero attached hydrogens (tertiary/aromatic N) is 2. The highest BCUT2D eigenvalue weighted by Crippen LogP contribution is 2.46. The standard InChI is InChI=1S/C84H60N2O/c1-3-20-59(4-2)63-41-49-71(50-42-63)85(72-51-43-64(44-52-72)60-21-8-5-9-22-60)75-29-16-27-69(57-75)77-32-18-33-78(83(77)68-39-37-67(38-40-68)79-34-19-35-81-80-31-14-15-36-82(80)87-84(79)81)70-28-17-30-76(58-70)86(73-53-45-65(46-54-73)61-23-10-6-11-24-61)74-55-47-66(48-56-74)62-25-12-7-13-26-62/h3-58H,1-2H2/b59-20+. The molecule has 1 aromatic heterocycles. The van der Waals surface area contributed by atoms with Gasteiger partial charge in [-0.15, -0.1) is 0 Å². The first-order valence-corrected chi connectivity index (χ1v) is 29.5. The van der Waals surface area contributed by atoms with Crippen LogP contribution in [-0.4, -0.2) is 0 Å². The van der Waals surface area contributed by atoms with E-state index in [0.29, 0.717) is 0 Å². The fourth-order valence-corrected chi connectivity index (χ4v) is 12.2. The largest absolute Gasteiger partial charge is 0.455 e. The molecule has 0 amide bonds. The lowest BCUT2D eigenvalue weighted by Crippen LogP contribution is -2.10. The van der Waals surface area contributed by atoms with Crippen molar-refractivity contribution in [2.45, 2.75) is 0 Å². The smallest absolute Gasteiger partial charge is 0.143 e. The van der Waals surface area contributed by atoms with Crippen LogP contribution in [0.2, 0.25) is 0 Å². The van der Waals surface area contributed by atoms with Crippen LogP contribution in [0.5, 0.6) is 0 Å². The van der Waals surface area contributed by atoms with E-state index in [1.54, 1.807) is 6.08 Å². The van der Waals surface area contributed by atoms with Crippen molar-refractivity contribution in [2.75, 3.05) is 9.80 Å². The highest BCUT2D eigenvalue weighted by molar-refractivity contribution is 6.10. The van der Waals surface area contributed by atoms with Gasteiger partial charge in [-0.3, -0.25) is 0 Å². The normalized spacial score (nSPS) is 11.4. The summed E-state index contributed by atoms with van der Waals surface area (Å²) in [6.07, 6.45) is 5.68. The molecule has 3 nitrogen and oxygen atoms in total. The van der Waals surface area contributed by atoms with Gasteiger partial charge in [-0.05, 0) is 162 Å². The molecule has 1 heterocycles. The van der Waals surface area contributed by atoms with Crippen molar-refractivity contribution in [2.24, 2.45) is 0 Å². The first-order valence-electron chi connectivity index (χ1n) is 29.5. The Bertz CT molecular complexity index is 4690. The molecular formula is C84H60N2O. The van der Waals surface area contributed by atoms with Crippen molar-refractivity contribution < 1.29 is 4.42 Å². The van der Waals surface area contributed by atoms with Crippen molar-refractivity contribution in [1.29, 1.82) is 0 Å². The second-order valence-electron chi connectivity index (χ2n) is 21.7. The molecule has 0 radical (unpaired) electrons. The highest BCUT2D eigenvalue weighted by Gasteiger charge is 2.21. The predicted molar refractivity (Wildman–Crippen MR) is 370 cm³/mol. The molecule has 0 spiro atoms. The van der Waals surface area contributed by atoms with Gasteiger partial charge in [0.15, 0.2) is 0 Å². The van der Waals surface area contributed by atoms with Crippen LogP contribution >= 0.6 is 0 Å². The third-order valence-electron chi connectivity index (χ3n) is 16.5. The molecule has 412 valence electrons. The molecule has 0 unspecified atom stereocenters. The zero-order valence-electron chi connectivity index (χ0n) is 48.0. The Kier molecular flexibility index (Phi) is 14.7. The number of fused-ring (bicyclic) bond motifs is 3. The first-order chi connectivity index (χ1) is 43.0. The third kappa shape index (κ3) is 10.8. The zero-order valence-corrected chi connectivity index (χ0v) is 48.0. The van der Waals surface area contributed by atoms with E-state index in [1.165, 1.54) is 27.8 Å². The zero-order chi connectivity index (χ0) is 58.5. The van der Waals surface area contributed by atoms with Gasteiger partial charge in [0.1, 0.15) is 11.2 Å². The molecule has 0 aliphatic rings. The summed E-state index contributed by atoms with van der Waals surface area (Å²) in [6, 6.07) is 116. The molecule has 0 N–H and O–H groups in total. The Morgan fingerprint density at radius 3 is 1.13 bits per heavy atom.